The summed E-state index contributed by atoms with van der Waals surface area (Å²) in [6.45, 7) is 6.80. The van der Waals surface area contributed by atoms with E-state index < -0.39 is 0 Å². The Hall–Kier alpha value is -1.69. The lowest BCUT2D eigenvalue weighted by molar-refractivity contribution is 0.245. The first-order valence-electron chi connectivity index (χ1n) is 9.13. The van der Waals surface area contributed by atoms with Gasteiger partial charge in [0.15, 0.2) is 0 Å². The fraction of sp³-hybridized carbons (Fsp3) is 0.722. The first-order chi connectivity index (χ1) is 11.6. The summed E-state index contributed by atoms with van der Waals surface area (Å²) in [7, 11) is 0. The smallest absolute Gasteiger partial charge is 0.224 e. The number of oxazole rings is 1. The van der Waals surface area contributed by atoms with Crippen molar-refractivity contribution in [2.24, 2.45) is 5.92 Å². The predicted octanol–water partition coefficient (Wildman–Crippen LogP) is 3.11. The molecule has 0 unspecified atom stereocenters. The van der Waals surface area contributed by atoms with E-state index in [1.54, 1.807) is 0 Å². The van der Waals surface area contributed by atoms with E-state index in [4.69, 9.17) is 8.83 Å². The van der Waals surface area contributed by atoms with E-state index in [0.29, 0.717) is 11.8 Å². The molecule has 3 heterocycles. The van der Waals surface area contributed by atoms with E-state index in [9.17, 15) is 0 Å². The molecule has 2 aromatic rings. The molecule has 5 rings (SSSR count). The number of fused-ring (bicyclic) bond motifs is 1. The third-order valence-corrected chi connectivity index (χ3v) is 6.17. The monoisotopic (exact) mass is 328 g/mol. The lowest BCUT2D eigenvalue weighted by atomic mass is 9.80. The van der Waals surface area contributed by atoms with Crippen molar-refractivity contribution in [3.8, 4) is 0 Å². The molecule has 2 atom stereocenters. The average molecular weight is 328 g/mol. The van der Waals surface area contributed by atoms with Gasteiger partial charge in [0.25, 0.3) is 0 Å². The Morgan fingerprint density at radius 1 is 1.17 bits per heavy atom. The number of hydrogen-bond donors (Lipinski definition) is 0. The van der Waals surface area contributed by atoms with Crippen LogP contribution in [-0.2, 0) is 12.0 Å². The van der Waals surface area contributed by atoms with Crippen molar-refractivity contribution < 1.29 is 8.83 Å². The van der Waals surface area contributed by atoms with Crippen LogP contribution in [0.15, 0.2) is 8.83 Å². The van der Waals surface area contributed by atoms with Gasteiger partial charge in [-0.05, 0) is 45.4 Å². The number of likely N-dealkylation sites (tertiary alicyclic amines) is 1. The zero-order valence-corrected chi connectivity index (χ0v) is 14.4. The SMILES string of the molecule is Cc1nc(CN2C[C@@H]3CCC[C@]3(c3nnc(C4CC4)o3)C2)oc1C. The normalized spacial score (nSPS) is 30.2. The van der Waals surface area contributed by atoms with E-state index >= 15 is 0 Å². The minimum absolute atomic E-state index is 0.0524. The standard InChI is InChI=1S/C18H24N4O2/c1-11-12(2)23-15(19-11)9-22-8-14-4-3-7-18(14,10-22)17-21-20-16(24-17)13-5-6-13/h13-14H,3-10H2,1-2H3/t14-,18-/m0/s1. The third-order valence-electron chi connectivity index (χ3n) is 6.17. The van der Waals surface area contributed by atoms with Crippen molar-refractivity contribution in [3.63, 3.8) is 0 Å². The van der Waals surface area contributed by atoms with Crippen molar-refractivity contribution >= 4 is 0 Å². The summed E-state index contributed by atoms with van der Waals surface area (Å²) in [5.74, 6) is 4.63. The van der Waals surface area contributed by atoms with Crippen LogP contribution in [0.3, 0.4) is 0 Å². The summed E-state index contributed by atoms with van der Waals surface area (Å²) < 4.78 is 11.9. The van der Waals surface area contributed by atoms with Crippen LogP contribution in [0.1, 0.15) is 67.1 Å². The molecule has 1 saturated heterocycles. The summed E-state index contributed by atoms with van der Waals surface area (Å²) in [4.78, 5) is 6.99. The van der Waals surface area contributed by atoms with Crippen LogP contribution in [0.5, 0.6) is 0 Å². The molecule has 0 N–H and O–H groups in total. The highest BCUT2D eigenvalue weighted by Crippen LogP contribution is 2.51. The lowest BCUT2D eigenvalue weighted by Gasteiger charge is -2.24. The molecule has 0 radical (unpaired) electrons. The highest BCUT2D eigenvalue weighted by Gasteiger charge is 2.54. The lowest BCUT2D eigenvalue weighted by Crippen LogP contribution is -2.32. The number of hydrogen-bond acceptors (Lipinski definition) is 6. The Morgan fingerprint density at radius 2 is 2.04 bits per heavy atom. The van der Waals surface area contributed by atoms with Gasteiger partial charge in [-0.3, -0.25) is 4.90 Å². The van der Waals surface area contributed by atoms with Gasteiger partial charge in [-0.15, -0.1) is 10.2 Å². The number of rotatable bonds is 4. The summed E-state index contributed by atoms with van der Waals surface area (Å²) in [5, 5.41) is 8.81. The van der Waals surface area contributed by atoms with Gasteiger partial charge in [-0.2, -0.15) is 0 Å². The zero-order valence-electron chi connectivity index (χ0n) is 14.4. The van der Waals surface area contributed by atoms with Gasteiger partial charge in [0.05, 0.1) is 17.7 Å². The van der Waals surface area contributed by atoms with Crippen LogP contribution in [0.2, 0.25) is 0 Å². The second-order valence-corrected chi connectivity index (χ2v) is 7.88. The zero-order chi connectivity index (χ0) is 16.3. The molecule has 6 heteroatoms. The number of aryl methyl sites for hydroxylation is 2. The van der Waals surface area contributed by atoms with Gasteiger partial charge in [0.1, 0.15) is 5.76 Å². The van der Waals surface area contributed by atoms with Gasteiger partial charge < -0.3 is 8.83 Å². The summed E-state index contributed by atoms with van der Waals surface area (Å²) in [6, 6.07) is 0. The molecule has 2 aromatic heterocycles. The highest BCUT2D eigenvalue weighted by atomic mass is 16.4. The minimum Gasteiger partial charge on any atom is -0.444 e. The van der Waals surface area contributed by atoms with Crippen molar-refractivity contribution in [1.82, 2.24) is 20.1 Å². The van der Waals surface area contributed by atoms with E-state index in [-0.39, 0.29) is 5.41 Å². The molecule has 2 saturated carbocycles. The molecule has 24 heavy (non-hydrogen) atoms. The predicted molar refractivity (Wildman–Crippen MR) is 86.5 cm³/mol. The van der Waals surface area contributed by atoms with Gasteiger partial charge in [-0.1, -0.05) is 6.42 Å². The summed E-state index contributed by atoms with van der Waals surface area (Å²) >= 11 is 0. The largest absolute Gasteiger partial charge is 0.444 e. The van der Waals surface area contributed by atoms with Crippen LogP contribution >= 0.6 is 0 Å². The molecular formula is C18H24N4O2. The fourth-order valence-electron chi connectivity index (χ4n) is 4.59. The Labute approximate surface area is 141 Å². The van der Waals surface area contributed by atoms with Gasteiger partial charge in [-0.25, -0.2) is 4.98 Å². The summed E-state index contributed by atoms with van der Waals surface area (Å²) in [6.07, 6.45) is 6.07. The van der Waals surface area contributed by atoms with Crippen LogP contribution < -0.4 is 0 Å². The maximum absolute atomic E-state index is 6.13. The van der Waals surface area contributed by atoms with E-state index in [1.807, 2.05) is 13.8 Å². The summed E-state index contributed by atoms with van der Waals surface area (Å²) in [5.41, 5.74) is 1.04. The first kappa shape index (κ1) is 14.6. The van der Waals surface area contributed by atoms with Crippen LogP contribution in [-0.4, -0.2) is 33.2 Å². The molecule has 2 aliphatic carbocycles. The quantitative estimate of drug-likeness (QED) is 0.859. The second kappa shape index (κ2) is 5.15. The Morgan fingerprint density at radius 3 is 2.79 bits per heavy atom. The molecule has 0 aromatic carbocycles. The Bertz CT molecular complexity index is 743. The van der Waals surface area contributed by atoms with E-state index in [1.165, 1.54) is 25.7 Å². The second-order valence-electron chi connectivity index (χ2n) is 7.88. The van der Waals surface area contributed by atoms with E-state index in [2.05, 4.69) is 20.1 Å². The molecule has 3 aliphatic rings. The van der Waals surface area contributed by atoms with E-state index in [0.717, 1.165) is 55.2 Å². The maximum Gasteiger partial charge on any atom is 0.224 e. The van der Waals surface area contributed by atoms with Gasteiger partial charge >= 0.3 is 0 Å². The van der Waals surface area contributed by atoms with Crippen LogP contribution in [0, 0.1) is 19.8 Å². The first-order valence-corrected chi connectivity index (χ1v) is 9.13. The van der Waals surface area contributed by atoms with Crippen molar-refractivity contribution in [1.29, 1.82) is 0 Å². The minimum atomic E-state index is 0.0524. The molecule has 3 fully saturated rings. The molecule has 128 valence electrons. The molecule has 6 nitrogen and oxygen atoms in total. The van der Waals surface area contributed by atoms with Crippen molar-refractivity contribution in [2.75, 3.05) is 13.1 Å². The van der Waals surface area contributed by atoms with Crippen molar-refractivity contribution in [3.05, 3.63) is 29.1 Å². The Kier molecular flexibility index (Phi) is 3.14. The third kappa shape index (κ3) is 2.23. The van der Waals surface area contributed by atoms with Crippen LogP contribution in [0.25, 0.3) is 0 Å². The maximum atomic E-state index is 6.13. The van der Waals surface area contributed by atoms with Crippen LogP contribution in [0.4, 0.5) is 0 Å². The highest BCUT2D eigenvalue weighted by molar-refractivity contribution is 5.18. The molecule has 0 bridgehead atoms. The average Bonchev–Trinajstić information content (AvgIpc) is 2.88. The topological polar surface area (TPSA) is 68.2 Å². The Balaban J connectivity index is 1.38. The molecule has 0 amide bonds. The van der Waals surface area contributed by atoms with Gasteiger partial charge in [0, 0.05) is 19.0 Å². The number of nitrogens with zero attached hydrogens (tertiary/aromatic N) is 4. The molecular weight excluding hydrogens is 304 g/mol. The fourth-order valence-corrected chi connectivity index (χ4v) is 4.59. The molecule has 1 aliphatic heterocycles. The number of aromatic nitrogens is 3. The van der Waals surface area contributed by atoms with Gasteiger partial charge in [0.2, 0.25) is 17.7 Å². The van der Waals surface area contributed by atoms with Crippen molar-refractivity contribution in [2.45, 2.75) is 63.8 Å². The molecule has 0 spiro atoms.